The van der Waals surface area contributed by atoms with Gasteiger partial charge in [-0.3, -0.25) is 4.57 Å². The lowest BCUT2D eigenvalue weighted by atomic mass is 10.1. The molecule has 0 aliphatic carbocycles. The zero-order valence-corrected chi connectivity index (χ0v) is 19.5. The number of unbranched alkanes of at least 4 members (excludes halogenated alkanes) is 4. The summed E-state index contributed by atoms with van der Waals surface area (Å²) in [6.45, 7) is 4.72. The van der Waals surface area contributed by atoms with Crippen molar-refractivity contribution in [2.75, 3.05) is 12.3 Å². The van der Waals surface area contributed by atoms with Crippen molar-refractivity contribution in [2.24, 2.45) is 0 Å². The molecule has 0 fully saturated rings. The van der Waals surface area contributed by atoms with Crippen LogP contribution in [0.5, 0.6) is 0 Å². The van der Waals surface area contributed by atoms with E-state index >= 15 is 0 Å². The average molecular weight is 445 g/mol. The molecule has 2 N–H and O–H groups in total. The number of hydrogen-bond acceptors (Lipinski definition) is 5. The maximum atomic E-state index is 13.1. The van der Waals surface area contributed by atoms with Crippen LogP contribution in [0.15, 0.2) is 48.5 Å². The largest absolute Gasteiger partial charge is 0.462 e. The second kappa shape index (κ2) is 10.5. The number of ether oxygens (including phenoxy) is 1. The Hall–Kier alpha value is -3.41. The van der Waals surface area contributed by atoms with Crippen LogP contribution in [0, 0.1) is 0 Å². The second-order valence-electron chi connectivity index (χ2n) is 8.45. The fourth-order valence-corrected chi connectivity index (χ4v) is 4.08. The number of rotatable bonds is 10. The van der Waals surface area contributed by atoms with Crippen LogP contribution in [0.2, 0.25) is 0 Å². The van der Waals surface area contributed by atoms with Crippen LogP contribution in [0.1, 0.15) is 68.3 Å². The lowest BCUT2D eigenvalue weighted by molar-refractivity contribution is 0.0501. The molecule has 33 heavy (non-hydrogen) atoms. The number of anilines is 1. The van der Waals surface area contributed by atoms with Crippen LogP contribution in [0.25, 0.3) is 27.9 Å². The van der Waals surface area contributed by atoms with Gasteiger partial charge in [-0.25, -0.2) is 14.8 Å². The molecule has 2 aromatic heterocycles. The minimum absolute atomic E-state index is 0.286. The molecule has 172 valence electrons. The molecule has 4 rings (SSSR count). The molecule has 6 heteroatoms. The van der Waals surface area contributed by atoms with Crippen molar-refractivity contribution >= 4 is 34.0 Å². The molecule has 0 spiro atoms. The van der Waals surface area contributed by atoms with Crippen LogP contribution >= 0.6 is 0 Å². The summed E-state index contributed by atoms with van der Waals surface area (Å²) in [7, 11) is 0. The fraction of sp³-hybridized carbons (Fsp3) is 0.370. The van der Waals surface area contributed by atoms with E-state index in [4.69, 9.17) is 20.4 Å². The highest BCUT2D eigenvalue weighted by molar-refractivity contribution is 6.09. The van der Waals surface area contributed by atoms with Crippen molar-refractivity contribution in [1.82, 2.24) is 14.5 Å². The zero-order chi connectivity index (χ0) is 23.2. The first-order valence-corrected chi connectivity index (χ1v) is 12.0. The van der Waals surface area contributed by atoms with Crippen LogP contribution in [0.4, 0.5) is 5.82 Å². The van der Waals surface area contributed by atoms with Gasteiger partial charge in [-0.1, -0.05) is 63.8 Å². The summed E-state index contributed by atoms with van der Waals surface area (Å²) < 4.78 is 7.40. The number of nitrogens with zero attached hydrogens (tertiary/aromatic N) is 3. The van der Waals surface area contributed by atoms with Crippen molar-refractivity contribution in [2.45, 2.75) is 58.8 Å². The van der Waals surface area contributed by atoms with Crippen molar-refractivity contribution in [1.29, 1.82) is 0 Å². The first-order valence-electron chi connectivity index (χ1n) is 12.0. The van der Waals surface area contributed by atoms with Gasteiger partial charge < -0.3 is 10.5 Å². The number of nitrogens with two attached hydrogens (primary N) is 1. The molecular formula is C27H32N4O2. The van der Waals surface area contributed by atoms with Crippen molar-refractivity contribution in [3.8, 4) is 5.69 Å². The predicted octanol–water partition coefficient (Wildman–Crippen LogP) is 6.24. The zero-order valence-electron chi connectivity index (χ0n) is 19.5. The first kappa shape index (κ1) is 22.8. The van der Waals surface area contributed by atoms with Gasteiger partial charge in [0.25, 0.3) is 0 Å². The molecule has 0 atom stereocenters. The molecule has 0 amide bonds. The third kappa shape index (κ3) is 4.85. The third-order valence-electron chi connectivity index (χ3n) is 5.95. The van der Waals surface area contributed by atoms with Gasteiger partial charge in [0.1, 0.15) is 16.9 Å². The molecule has 2 heterocycles. The standard InChI is InChI=1S/C27H32N4O2/c1-3-5-7-10-18-33-27(32)23-24-26(30-22-13-9-8-12-21(22)29-24)31(25(23)28)20-16-14-19(15-17-20)11-6-4-2/h8-9,12-17H,3-7,10-11,18,28H2,1-2H3. The number of fused-ring (bicyclic) bond motifs is 2. The van der Waals surface area contributed by atoms with E-state index in [2.05, 4.69) is 26.0 Å². The number of esters is 1. The predicted molar refractivity (Wildman–Crippen MR) is 134 cm³/mol. The summed E-state index contributed by atoms with van der Waals surface area (Å²) in [5.74, 6) is -0.142. The molecule has 0 aliphatic rings. The summed E-state index contributed by atoms with van der Waals surface area (Å²) in [4.78, 5) is 22.7. The number of aryl methyl sites for hydroxylation is 1. The molecule has 0 saturated carbocycles. The maximum Gasteiger partial charge on any atom is 0.344 e. The quantitative estimate of drug-likeness (QED) is 0.231. The SMILES string of the molecule is CCCCCCOC(=O)c1c(N)n(-c2ccc(CCCC)cc2)c2nc3ccccc3nc12. The van der Waals surface area contributed by atoms with Crippen LogP contribution in [-0.4, -0.2) is 27.1 Å². The van der Waals surface area contributed by atoms with E-state index in [1.165, 1.54) is 5.56 Å². The highest BCUT2D eigenvalue weighted by Gasteiger charge is 2.25. The molecule has 0 unspecified atom stereocenters. The molecule has 0 saturated heterocycles. The summed E-state index contributed by atoms with van der Waals surface area (Å²) in [5, 5.41) is 0. The van der Waals surface area contributed by atoms with Gasteiger partial charge in [-0.15, -0.1) is 0 Å². The van der Waals surface area contributed by atoms with Gasteiger partial charge >= 0.3 is 5.97 Å². The van der Waals surface area contributed by atoms with E-state index < -0.39 is 5.97 Å². The summed E-state index contributed by atoms with van der Waals surface area (Å²) in [6, 6.07) is 15.9. The van der Waals surface area contributed by atoms with Gasteiger partial charge in [0.05, 0.1) is 17.6 Å². The van der Waals surface area contributed by atoms with Crippen molar-refractivity contribution in [3.05, 3.63) is 59.7 Å². The Bertz CT molecular complexity index is 1240. The first-order chi connectivity index (χ1) is 16.1. The second-order valence-corrected chi connectivity index (χ2v) is 8.45. The number of benzene rings is 2. The molecular weight excluding hydrogens is 412 g/mol. The van der Waals surface area contributed by atoms with E-state index in [0.717, 1.165) is 56.1 Å². The van der Waals surface area contributed by atoms with Gasteiger partial charge in [-0.05, 0) is 49.1 Å². The Labute approximate surface area is 194 Å². The van der Waals surface area contributed by atoms with Gasteiger partial charge in [0.15, 0.2) is 5.65 Å². The van der Waals surface area contributed by atoms with E-state index in [1.54, 1.807) is 0 Å². The Morgan fingerprint density at radius 3 is 2.30 bits per heavy atom. The van der Waals surface area contributed by atoms with Crippen LogP contribution in [-0.2, 0) is 11.2 Å². The van der Waals surface area contributed by atoms with Crippen LogP contribution < -0.4 is 5.73 Å². The molecule has 4 aromatic rings. The smallest absolute Gasteiger partial charge is 0.344 e. The lowest BCUT2D eigenvalue weighted by Gasteiger charge is -2.09. The number of para-hydroxylation sites is 2. The third-order valence-corrected chi connectivity index (χ3v) is 5.95. The minimum atomic E-state index is -0.447. The Kier molecular flexibility index (Phi) is 7.23. The number of aromatic nitrogens is 3. The monoisotopic (exact) mass is 444 g/mol. The van der Waals surface area contributed by atoms with Crippen LogP contribution in [0.3, 0.4) is 0 Å². The van der Waals surface area contributed by atoms with Crippen molar-refractivity contribution < 1.29 is 9.53 Å². The van der Waals surface area contributed by atoms with Gasteiger partial charge in [0, 0.05) is 5.69 Å². The summed E-state index contributed by atoms with van der Waals surface area (Å²) in [6.07, 6.45) is 7.49. The summed E-state index contributed by atoms with van der Waals surface area (Å²) >= 11 is 0. The molecule has 0 radical (unpaired) electrons. The number of carbonyl (C=O) groups is 1. The molecule has 0 aliphatic heterocycles. The summed E-state index contributed by atoms with van der Waals surface area (Å²) in [5.41, 5.74) is 11.5. The van der Waals surface area contributed by atoms with Gasteiger partial charge in [-0.2, -0.15) is 0 Å². The maximum absolute atomic E-state index is 13.1. The van der Waals surface area contributed by atoms with Gasteiger partial charge in [0.2, 0.25) is 0 Å². The van der Waals surface area contributed by atoms with E-state index in [-0.39, 0.29) is 5.56 Å². The van der Waals surface area contributed by atoms with E-state index in [0.29, 0.717) is 29.1 Å². The Morgan fingerprint density at radius 2 is 1.61 bits per heavy atom. The number of hydrogen-bond donors (Lipinski definition) is 1. The normalized spacial score (nSPS) is 11.3. The van der Waals surface area contributed by atoms with Crippen molar-refractivity contribution in [3.63, 3.8) is 0 Å². The minimum Gasteiger partial charge on any atom is -0.462 e. The topological polar surface area (TPSA) is 83.0 Å². The fourth-order valence-electron chi connectivity index (χ4n) is 4.08. The average Bonchev–Trinajstić information content (AvgIpc) is 3.12. The molecule has 6 nitrogen and oxygen atoms in total. The Balaban J connectivity index is 1.76. The number of nitrogen functional groups attached to an aromatic ring is 1. The highest BCUT2D eigenvalue weighted by atomic mass is 16.5. The van der Waals surface area contributed by atoms with E-state index in [1.807, 2.05) is 41.0 Å². The van der Waals surface area contributed by atoms with E-state index in [9.17, 15) is 4.79 Å². The lowest BCUT2D eigenvalue weighted by Crippen LogP contribution is -2.10. The molecule has 0 bridgehead atoms. The Morgan fingerprint density at radius 1 is 0.909 bits per heavy atom. The highest BCUT2D eigenvalue weighted by Crippen LogP contribution is 2.31. The number of carbonyl (C=O) groups excluding carboxylic acids is 1. The molecule has 2 aromatic carbocycles.